The third kappa shape index (κ3) is 7.39. The van der Waals surface area contributed by atoms with Crippen LogP contribution in [-0.4, -0.2) is 0 Å². The van der Waals surface area contributed by atoms with Crippen molar-refractivity contribution < 1.29 is 4.42 Å². The van der Waals surface area contributed by atoms with E-state index < -0.39 is 0 Å². The van der Waals surface area contributed by atoms with Crippen LogP contribution in [0.5, 0.6) is 0 Å². The van der Waals surface area contributed by atoms with Crippen LogP contribution in [0.25, 0.3) is 88.3 Å². The molecule has 0 saturated heterocycles. The van der Waals surface area contributed by atoms with Crippen molar-refractivity contribution in [2.75, 3.05) is 4.90 Å². The van der Waals surface area contributed by atoms with Crippen LogP contribution < -0.4 is 4.90 Å². The van der Waals surface area contributed by atoms with Gasteiger partial charge in [-0.2, -0.15) is 0 Å². The first-order chi connectivity index (χ1) is 34.3. The second-order valence-electron chi connectivity index (χ2n) is 22.1. The molecule has 0 N–H and O–H groups in total. The second kappa shape index (κ2) is 16.6. The number of nitrogens with zero attached hydrogens (tertiary/aromatic N) is 1. The lowest BCUT2D eigenvalue weighted by molar-refractivity contribution is 0.569. The Morgan fingerprint density at radius 3 is 1.63 bits per heavy atom. The summed E-state index contributed by atoms with van der Waals surface area (Å²) in [7, 11) is 0. The Balaban J connectivity index is 1.12. The van der Waals surface area contributed by atoms with E-state index in [2.05, 4.69) is 273 Å². The van der Waals surface area contributed by atoms with Gasteiger partial charge in [-0.05, 0) is 113 Å². The number of fused-ring (bicyclic) bond motifs is 7. The van der Waals surface area contributed by atoms with Crippen LogP contribution in [0.1, 0.15) is 77.6 Å². The average molecular weight is 918 g/mol. The fourth-order valence-corrected chi connectivity index (χ4v) is 11.5. The molecule has 1 aliphatic carbocycles. The van der Waals surface area contributed by atoms with Gasteiger partial charge in [-0.15, -0.1) is 0 Å². The highest BCUT2D eigenvalue weighted by Gasteiger charge is 2.37. The molecule has 1 aliphatic rings. The van der Waals surface area contributed by atoms with E-state index in [-0.39, 0.29) is 16.2 Å². The molecule has 1 heterocycles. The van der Waals surface area contributed by atoms with E-state index in [1.165, 1.54) is 72.0 Å². The predicted octanol–water partition coefficient (Wildman–Crippen LogP) is 19.8. The van der Waals surface area contributed by atoms with Crippen LogP contribution in [0.3, 0.4) is 0 Å². The van der Waals surface area contributed by atoms with Crippen LogP contribution in [0.15, 0.2) is 217 Å². The minimum atomic E-state index is -0.172. The Morgan fingerprint density at radius 2 is 0.915 bits per heavy atom. The van der Waals surface area contributed by atoms with Gasteiger partial charge < -0.3 is 9.32 Å². The Kier molecular flexibility index (Phi) is 10.4. The lowest BCUT2D eigenvalue weighted by Crippen LogP contribution is -2.16. The Labute approximate surface area is 418 Å². The van der Waals surface area contributed by atoms with Gasteiger partial charge in [0, 0.05) is 38.6 Å². The Hall–Kier alpha value is -7.94. The molecule has 11 aromatic rings. The number of hydrogen-bond donors (Lipinski definition) is 0. The third-order valence-corrected chi connectivity index (χ3v) is 15.2. The van der Waals surface area contributed by atoms with Gasteiger partial charge in [0.15, 0.2) is 0 Å². The highest BCUT2D eigenvalue weighted by molar-refractivity contribution is 6.12. The van der Waals surface area contributed by atoms with Crippen molar-refractivity contribution in [2.45, 2.75) is 71.6 Å². The highest BCUT2D eigenvalue weighted by atomic mass is 16.3. The lowest BCUT2D eigenvalue weighted by Gasteiger charge is -2.31. The Morgan fingerprint density at radius 1 is 0.394 bits per heavy atom. The number of rotatable bonds is 7. The van der Waals surface area contributed by atoms with Gasteiger partial charge in [-0.3, -0.25) is 0 Å². The molecule has 0 unspecified atom stereocenters. The molecule has 2 heteroatoms. The van der Waals surface area contributed by atoms with Crippen molar-refractivity contribution in [3.63, 3.8) is 0 Å². The maximum Gasteiger partial charge on any atom is 0.143 e. The fourth-order valence-electron chi connectivity index (χ4n) is 11.5. The second-order valence-corrected chi connectivity index (χ2v) is 22.1. The summed E-state index contributed by atoms with van der Waals surface area (Å²) in [6, 6.07) is 78.7. The minimum absolute atomic E-state index is 0.0231. The summed E-state index contributed by atoms with van der Waals surface area (Å²) in [5, 5.41) is 4.67. The van der Waals surface area contributed by atoms with Crippen molar-refractivity contribution in [1.82, 2.24) is 0 Å². The summed E-state index contributed by atoms with van der Waals surface area (Å²) in [6.07, 6.45) is 0. The van der Waals surface area contributed by atoms with E-state index in [1.54, 1.807) is 0 Å². The van der Waals surface area contributed by atoms with Gasteiger partial charge in [-0.1, -0.05) is 237 Å². The molecule has 71 heavy (non-hydrogen) atoms. The predicted molar refractivity (Wildman–Crippen MR) is 303 cm³/mol. The maximum absolute atomic E-state index is 6.79. The van der Waals surface area contributed by atoms with Crippen LogP contribution >= 0.6 is 0 Å². The molecule has 0 bridgehead atoms. The van der Waals surface area contributed by atoms with Crippen molar-refractivity contribution >= 4 is 49.8 Å². The molecule has 10 aromatic carbocycles. The quantitative estimate of drug-likeness (QED) is 0.158. The number of anilines is 3. The van der Waals surface area contributed by atoms with Crippen molar-refractivity contribution in [2.24, 2.45) is 0 Å². The van der Waals surface area contributed by atoms with Crippen molar-refractivity contribution in [3.05, 3.63) is 235 Å². The number of hydrogen-bond acceptors (Lipinski definition) is 2. The third-order valence-electron chi connectivity index (χ3n) is 15.2. The molecule has 0 fully saturated rings. The van der Waals surface area contributed by atoms with Gasteiger partial charge in [0.1, 0.15) is 11.2 Å². The molecule has 0 radical (unpaired) electrons. The molecule has 0 aliphatic heterocycles. The molecule has 0 spiro atoms. The first kappa shape index (κ1) is 44.3. The molecule has 0 atom stereocenters. The maximum atomic E-state index is 6.79. The smallest absolute Gasteiger partial charge is 0.143 e. The molecular formula is C69H59NO. The summed E-state index contributed by atoms with van der Waals surface area (Å²) in [4.78, 5) is 2.50. The van der Waals surface area contributed by atoms with Gasteiger partial charge in [0.05, 0.1) is 11.4 Å². The topological polar surface area (TPSA) is 16.4 Å². The molecule has 2 nitrogen and oxygen atoms in total. The van der Waals surface area contributed by atoms with Crippen molar-refractivity contribution in [1.29, 1.82) is 0 Å². The first-order valence-electron chi connectivity index (χ1n) is 25.2. The summed E-state index contributed by atoms with van der Waals surface area (Å²) in [6.45, 7) is 18.7. The summed E-state index contributed by atoms with van der Waals surface area (Å²) >= 11 is 0. The zero-order valence-corrected chi connectivity index (χ0v) is 42.1. The van der Waals surface area contributed by atoms with E-state index in [9.17, 15) is 0 Å². The fraction of sp³-hybridized carbons (Fsp3) is 0.159. The van der Waals surface area contributed by atoms with Gasteiger partial charge >= 0.3 is 0 Å². The van der Waals surface area contributed by atoms with E-state index in [4.69, 9.17) is 4.42 Å². The summed E-state index contributed by atoms with van der Waals surface area (Å²) < 4.78 is 6.79. The van der Waals surface area contributed by atoms with E-state index in [1.807, 2.05) is 0 Å². The number of para-hydroxylation sites is 4. The monoisotopic (exact) mass is 917 g/mol. The van der Waals surface area contributed by atoms with Crippen LogP contribution in [0.2, 0.25) is 0 Å². The molecular weight excluding hydrogens is 859 g/mol. The summed E-state index contributed by atoms with van der Waals surface area (Å²) in [5.41, 5.74) is 22.2. The Bertz CT molecular complexity index is 3850. The standard InChI is InChI=1S/C69H59NO/c1-67(2,3)47-40-46(41-48(43-47)68(4,5)6)50-30-18-22-44-23-19-32-56(64(44)50)53-27-10-14-37-61(53)70(62-38-15-11-28-54(62)58-34-21-35-59-55-29-12-16-39-63(55)71-66(58)59)49-25-17-24-45(42-49)51-31-20-33-57-52-26-9-13-36-60(52)69(7,8)65(51)57/h9-43H,1-8H3. The molecule has 1 aromatic heterocycles. The molecule has 346 valence electrons. The molecule has 0 saturated carbocycles. The number of furan rings is 1. The van der Waals surface area contributed by atoms with Crippen LogP contribution in [0, 0.1) is 0 Å². The lowest BCUT2D eigenvalue weighted by atomic mass is 9.78. The minimum Gasteiger partial charge on any atom is -0.455 e. The molecule has 0 amide bonds. The van der Waals surface area contributed by atoms with E-state index >= 15 is 0 Å². The number of benzene rings is 10. The van der Waals surface area contributed by atoms with Gasteiger partial charge in [0.2, 0.25) is 0 Å². The zero-order chi connectivity index (χ0) is 48.8. The first-order valence-corrected chi connectivity index (χ1v) is 25.2. The van der Waals surface area contributed by atoms with E-state index in [0.717, 1.165) is 55.7 Å². The zero-order valence-electron chi connectivity index (χ0n) is 42.1. The van der Waals surface area contributed by atoms with Crippen molar-refractivity contribution in [3.8, 4) is 55.6 Å². The summed E-state index contributed by atoms with van der Waals surface area (Å²) in [5.74, 6) is 0. The SMILES string of the molecule is CC(C)(C)c1cc(-c2cccc3cccc(-c4ccccc4N(c4cccc(-c5cccc6c5C(C)(C)c5ccccc5-6)c4)c4ccccc4-c4cccc5c4oc4ccccc45)c23)cc(C(C)(C)C)c1. The highest BCUT2D eigenvalue weighted by Crippen LogP contribution is 2.54. The van der Waals surface area contributed by atoms with Crippen LogP contribution in [-0.2, 0) is 16.2 Å². The van der Waals surface area contributed by atoms with Crippen LogP contribution in [0.4, 0.5) is 17.1 Å². The average Bonchev–Trinajstić information content (AvgIpc) is 3.88. The largest absolute Gasteiger partial charge is 0.455 e. The van der Waals surface area contributed by atoms with Gasteiger partial charge in [0.25, 0.3) is 0 Å². The normalized spacial score (nSPS) is 13.2. The van der Waals surface area contributed by atoms with E-state index in [0.29, 0.717) is 0 Å². The van der Waals surface area contributed by atoms with Gasteiger partial charge in [-0.25, -0.2) is 0 Å². The molecule has 12 rings (SSSR count).